The van der Waals surface area contributed by atoms with Crippen molar-refractivity contribution in [3.63, 3.8) is 0 Å². The van der Waals surface area contributed by atoms with Crippen LogP contribution < -0.4 is 5.32 Å². The number of aromatic nitrogens is 3. The van der Waals surface area contributed by atoms with E-state index < -0.39 is 11.9 Å². The van der Waals surface area contributed by atoms with E-state index in [-0.39, 0.29) is 18.4 Å². The molecule has 1 amide bonds. The fraction of sp³-hybridized carbons (Fsp3) is 0.375. The Bertz CT molecular complexity index is 723. The minimum absolute atomic E-state index is 0.194. The van der Waals surface area contributed by atoms with Crippen LogP contribution in [0.5, 0.6) is 0 Å². The van der Waals surface area contributed by atoms with Crippen molar-refractivity contribution in [2.75, 3.05) is 11.9 Å². The number of esters is 1. The van der Waals surface area contributed by atoms with Gasteiger partial charge in [0, 0.05) is 5.02 Å². The van der Waals surface area contributed by atoms with Gasteiger partial charge >= 0.3 is 5.97 Å². The third-order valence-corrected chi connectivity index (χ3v) is 3.17. The fourth-order valence-electron chi connectivity index (χ4n) is 1.96. The minimum Gasteiger partial charge on any atom is -0.456 e. The molecule has 0 aliphatic carbocycles. The number of ether oxygens (including phenoxy) is 1. The molecule has 2 rings (SSSR count). The largest absolute Gasteiger partial charge is 0.456 e. The summed E-state index contributed by atoms with van der Waals surface area (Å²) >= 11 is 5.98. The van der Waals surface area contributed by atoms with E-state index >= 15 is 0 Å². The van der Waals surface area contributed by atoms with E-state index in [2.05, 4.69) is 15.4 Å². The molecular weight excluding hydrogens is 332 g/mol. The molecule has 0 atom stereocenters. The molecule has 7 nitrogen and oxygen atoms in total. The highest BCUT2D eigenvalue weighted by Crippen LogP contribution is 2.24. The van der Waals surface area contributed by atoms with E-state index in [0.717, 1.165) is 0 Å². The van der Waals surface area contributed by atoms with Crippen LogP contribution in [0, 0.1) is 5.41 Å². The second-order valence-electron chi connectivity index (χ2n) is 6.45. The van der Waals surface area contributed by atoms with Gasteiger partial charge in [-0.3, -0.25) is 9.59 Å². The minimum atomic E-state index is -0.458. The number of rotatable bonds is 5. The normalized spacial score (nSPS) is 11.2. The average molecular weight is 351 g/mol. The van der Waals surface area contributed by atoms with E-state index in [1.165, 1.54) is 17.3 Å². The number of halogens is 1. The summed E-state index contributed by atoms with van der Waals surface area (Å²) in [6, 6.07) is 4.98. The van der Waals surface area contributed by atoms with Gasteiger partial charge in [0.15, 0.2) is 6.61 Å². The molecule has 0 aliphatic heterocycles. The number of anilines is 1. The van der Waals surface area contributed by atoms with Gasteiger partial charge in [-0.2, -0.15) is 5.10 Å². The number of carbonyl (C=O) groups excluding carboxylic acids is 2. The first-order valence-electron chi connectivity index (χ1n) is 7.35. The summed E-state index contributed by atoms with van der Waals surface area (Å²) in [5.41, 5.74) is 0.858. The zero-order valence-electron chi connectivity index (χ0n) is 13.7. The SMILES string of the molecule is CC(C)(C)CC(=O)OCC(=O)Nc1cc(Cl)ccc1-n1cncn1. The molecule has 0 aliphatic rings. The van der Waals surface area contributed by atoms with Crippen molar-refractivity contribution in [3.05, 3.63) is 35.9 Å². The van der Waals surface area contributed by atoms with Gasteiger partial charge in [0.25, 0.3) is 5.91 Å². The molecule has 0 fully saturated rings. The zero-order chi connectivity index (χ0) is 17.7. The van der Waals surface area contributed by atoms with Gasteiger partial charge in [-0.1, -0.05) is 32.4 Å². The zero-order valence-corrected chi connectivity index (χ0v) is 14.5. The quantitative estimate of drug-likeness (QED) is 0.838. The summed E-state index contributed by atoms with van der Waals surface area (Å²) in [5, 5.41) is 7.15. The molecule has 1 heterocycles. The van der Waals surface area contributed by atoms with Crippen LogP contribution in [-0.2, 0) is 14.3 Å². The highest BCUT2D eigenvalue weighted by molar-refractivity contribution is 6.31. The maximum atomic E-state index is 12.0. The monoisotopic (exact) mass is 350 g/mol. The molecule has 8 heteroatoms. The van der Waals surface area contributed by atoms with Gasteiger partial charge in [-0.25, -0.2) is 9.67 Å². The lowest BCUT2D eigenvalue weighted by atomic mass is 9.92. The Morgan fingerprint density at radius 1 is 1.33 bits per heavy atom. The number of nitrogens with one attached hydrogen (secondary N) is 1. The maximum absolute atomic E-state index is 12.0. The Morgan fingerprint density at radius 2 is 2.08 bits per heavy atom. The first kappa shape index (κ1) is 17.9. The lowest BCUT2D eigenvalue weighted by molar-refractivity contribution is -0.149. The molecule has 1 aromatic carbocycles. The van der Waals surface area contributed by atoms with Crippen LogP contribution in [0.1, 0.15) is 27.2 Å². The van der Waals surface area contributed by atoms with Gasteiger partial charge in [-0.05, 0) is 23.6 Å². The third-order valence-electron chi connectivity index (χ3n) is 2.94. The smallest absolute Gasteiger partial charge is 0.306 e. The topological polar surface area (TPSA) is 86.1 Å². The van der Waals surface area contributed by atoms with Crippen LogP contribution in [0.3, 0.4) is 0 Å². The number of amides is 1. The fourth-order valence-corrected chi connectivity index (χ4v) is 2.13. The van der Waals surface area contributed by atoms with Crippen LogP contribution in [-0.4, -0.2) is 33.2 Å². The van der Waals surface area contributed by atoms with Crippen molar-refractivity contribution in [2.45, 2.75) is 27.2 Å². The van der Waals surface area contributed by atoms with Crippen molar-refractivity contribution in [3.8, 4) is 5.69 Å². The first-order valence-corrected chi connectivity index (χ1v) is 7.72. The van der Waals surface area contributed by atoms with Crippen LogP contribution in [0.25, 0.3) is 5.69 Å². The van der Waals surface area contributed by atoms with Crippen molar-refractivity contribution in [1.82, 2.24) is 14.8 Å². The Morgan fingerprint density at radius 3 is 2.71 bits per heavy atom. The molecule has 0 radical (unpaired) electrons. The summed E-state index contributed by atoms with van der Waals surface area (Å²) in [6.07, 6.45) is 3.12. The molecule has 0 bridgehead atoms. The Kier molecular flexibility index (Phi) is 5.56. The summed E-state index contributed by atoms with van der Waals surface area (Å²) in [5.74, 6) is -0.874. The highest BCUT2D eigenvalue weighted by Gasteiger charge is 2.18. The standard InChI is InChI=1S/C16H19ClN4O3/c1-16(2,3)7-15(23)24-8-14(22)20-12-6-11(17)4-5-13(12)21-10-18-9-19-21/h4-6,9-10H,7-8H2,1-3H3,(H,20,22). The molecule has 1 aromatic heterocycles. The number of hydrogen-bond donors (Lipinski definition) is 1. The van der Waals surface area contributed by atoms with Gasteiger partial charge in [0.05, 0.1) is 17.8 Å². The number of nitrogens with zero attached hydrogens (tertiary/aromatic N) is 3. The predicted octanol–water partition coefficient (Wildman–Crippen LogP) is 2.84. The van der Waals surface area contributed by atoms with Crippen molar-refractivity contribution in [1.29, 1.82) is 0 Å². The third kappa shape index (κ3) is 5.34. The van der Waals surface area contributed by atoms with Gasteiger partial charge in [-0.15, -0.1) is 0 Å². The molecular formula is C16H19ClN4O3. The summed E-state index contributed by atoms with van der Waals surface area (Å²) in [7, 11) is 0. The average Bonchev–Trinajstić information content (AvgIpc) is 2.97. The number of benzene rings is 1. The lowest BCUT2D eigenvalue weighted by Gasteiger charge is -2.16. The first-order chi connectivity index (χ1) is 11.2. The van der Waals surface area contributed by atoms with Gasteiger partial charge in [0.2, 0.25) is 0 Å². The molecule has 0 spiro atoms. The Labute approximate surface area is 145 Å². The predicted molar refractivity (Wildman–Crippen MR) is 90.0 cm³/mol. The van der Waals surface area contributed by atoms with E-state index in [1.54, 1.807) is 18.2 Å². The van der Waals surface area contributed by atoms with Crippen molar-refractivity contribution < 1.29 is 14.3 Å². The Balaban J connectivity index is 2.02. The van der Waals surface area contributed by atoms with E-state index in [0.29, 0.717) is 16.4 Å². The van der Waals surface area contributed by atoms with Gasteiger partial charge < -0.3 is 10.1 Å². The maximum Gasteiger partial charge on any atom is 0.306 e. The van der Waals surface area contributed by atoms with Crippen LogP contribution in [0.15, 0.2) is 30.9 Å². The van der Waals surface area contributed by atoms with Gasteiger partial charge in [0.1, 0.15) is 12.7 Å². The summed E-state index contributed by atoms with van der Waals surface area (Å²) in [4.78, 5) is 27.6. The number of carbonyl (C=O) groups is 2. The van der Waals surface area contributed by atoms with Crippen molar-refractivity contribution in [2.24, 2.45) is 5.41 Å². The van der Waals surface area contributed by atoms with Crippen LogP contribution in [0.4, 0.5) is 5.69 Å². The van der Waals surface area contributed by atoms with E-state index in [1.807, 2.05) is 20.8 Å². The molecule has 128 valence electrons. The molecule has 0 saturated carbocycles. The van der Waals surface area contributed by atoms with Crippen molar-refractivity contribution >= 4 is 29.2 Å². The molecule has 0 saturated heterocycles. The molecule has 0 unspecified atom stereocenters. The summed E-state index contributed by atoms with van der Waals surface area (Å²) < 4.78 is 6.49. The molecule has 2 aromatic rings. The summed E-state index contributed by atoms with van der Waals surface area (Å²) in [6.45, 7) is 5.40. The van der Waals surface area contributed by atoms with E-state index in [9.17, 15) is 9.59 Å². The number of hydrogen-bond acceptors (Lipinski definition) is 5. The van der Waals surface area contributed by atoms with E-state index in [4.69, 9.17) is 16.3 Å². The highest BCUT2D eigenvalue weighted by atomic mass is 35.5. The second kappa shape index (κ2) is 7.44. The molecule has 1 N–H and O–H groups in total. The Hall–Kier alpha value is -2.41. The van der Waals surface area contributed by atoms with Crippen LogP contribution in [0.2, 0.25) is 5.02 Å². The lowest BCUT2D eigenvalue weighted by Crippen LogP contribution is -2.23. The van der Waals surface area contributed by atoms with Crippen LogP contribution >= 0.6 is 11.6 Å². The second-order valence-corrected chi connectivity index (χ2v) is 6.88. The molecule has 24 heavy (non-hydrogen) atoms.